The lowest BCUT2D eigenvalue weighted by Crippen LogP contribution is -2.03. The highest BCUT2D eigenvalue weighted by molar-refractivity contribution is 6.03. The molecule has 0 amide bonds. The van der Waals surface area contributed by atoms with Gasteiger partial charge in [0.1, 0.15) is 17.3 Å². The molecular weight excluding hydrogens is 354 g/mol. The maximum absolute atomic E-state index is 12.2. The van der Waals surface area contributed by atoms with Gasteiger partial charge in [-0.3, -0.25) is 4.79 Å². The number of methoxy groups -OCH3 is 1. The molecule has 3 aromatic carbocycles. The molecule has 28 heavy (non-hydrogen) atoms. The molecule has 1 aromatic heterocycles. The highest BCUT2D eigenvalue weighted by Crippen LogP contribution is 2.29. The van der Waals surface area contributed by atoms with Crippen LogP contribution in [0.2, 0.25) is 0 Å². The molecular formula is C22H17N3O3. The number of fused-ring (bicyclic) bond motifs is 1. The molecule has 0 aliphatic carbocycles. The first kappa shape index (κ1) is 17.6. The number of aryl methyl sites for hydroxylation is 1. The van der Waals surface area contributed by atoms with Crippen LogP contribution in [0.25, 0.3) is 33.3 Å². The normalized spacial score (nSPS) is 10.8. The molecule has 0 saturated carbocycles. The van der Waals surface area contributed by atoms with Gasteiger partial charge in [0.15, 0.2) is 0 Å². The Labute approximate surface area is 161 Å². The van der Waals surface area contributed by atoms with Gasteiger partial charge in [-0.25, -0.2) is 4.79 Å². The van der Waals surface area contributed by atoms with Crippen LogP contribution in [0.15, 0.2) is 60.7 Å². The van der Waals surface area contributed by atoms with Gasteiger partial charge in [0.05, 0.1) is 12.7 Å². The fourth-order valence-corrected chi connectivity index (χ4v) is 3.20. The summed E-state index contributed by atoms with van der Waals surface area (Å²) in [6.45, 7) is 0. The molecule has 138 valence electrons. The van der Waals surface area contributed by atoms with Crippen molar-refractivity contribution in [3.8, 4) is 22.3 Å². The fourth-order valence-electron chi connectivity index (χ4n) is 3.20. The summed E-state index contributed by atoms with van der Waals surface area (Å²) in [6.07, 6.45) is 0.836. The average Bonchev–Trinajstić information content (AvgIpc) is 3.12. The van der Waals surface area contributed by atoms with E-state index in [9.17, 15) is 9.59 Å². The number of hydrogen-bond acceptors (Lipinski definition) is 5. The number of nitrogens with zero attached hydrogens (tertiary/aromatic N) is 3. The van der Waals surface area contributed by atoms with Crippen LogP contribution in [0.5, 0.6) is 0 Å². The molecule has 0 aliphatic rings. The summed E-state index contributed by atoms with van der Waals surface area (Å²) in [5.74, 6) is -0.449. The number of carbonyl (C=O) groups is 2. The van der Waals surface area contributed by atoms with Crippen molar-refractivity contribution >= 4 is 23.3 Å². The number of carbonyl (C=O) groups excluding carboxylic acids is 2. The van der Waals surface area contributed by atoms with Crippen molar-refractivity contribution in [2.45, 2.75) is 0 Å². The minimum atomic E-state index is -0.449. The molecule has 0 bridgehead atoms. The Kier molecular flexibility index (Phi) is 4.45. The molecule has 0 fully saturated rings. The second-order valence-corrected chi connectivity index (χ2v) is 6.39. The van der Waals surface area contributed by atoms with Gasteiger partial charge in [0.2, 0.25) is 0 Å². The Balaban J connectivity index is 1.77. The van der Waals surface area contributed by atoms with Gasteiger partial charge in [0.25, 0.3) is 0 Å². The summed E-state index contributed by atoms with van der Waals surface area (Å²) in [6, 6.07) is 19.0. The van der Waals surface area contributed by atoms with Gasteiger partial charge in [-0.2, -0.15) is 15.0 Å². The number of aldehydes is 1. The Hall–Kier alpha value is -3.80. The van der Waals surface area contributed by atoms with E-state index in [2.05, 4.69) is 10.2 Å². The van der Waals surface area contributed by atoms with Gasteiger partial charge in [-0.1, -0.05) is 42.5 Å². The third-order valence-corrected chi connectivity index (χ3v) is 4.57. The zero-order chi connectivity index (χ0) is 19.7. The third kappa shape index (κ3) is 3.16. The van der Waals surface area contributed by atoms with Gasteiger partial charge < -0.3 is 4.74 Å². The maximum Gasteiger partial charge on any atom is 0.340 e. The zero-order valence-electron chi connectivity index (χ0n) is 15.4. The molecule has 4 aromatic rings. The molecule has 6 nitrogen and oxygen atoms in total. The van der Waals surface area contributed by atoms with E-state index >= 15 is 0 Å². The van der Waals surface area contributed by atoms with Crippen LogP contribution in [0.1, 0.15) is 20.7 Å². The van der Waals surface area contributed by atoms with E-state index in [0.29, 0.717) is 22.2 Å². The quantitative estimate of drug-likeness (QED) is 0.402. The first-order chi connectivity index (χ1) is 13.6. The van der Waals surface area contributed by atoms with Crippen molar-refractivity contribution in [1.82, 2.24) is 15.0 Å². The van der Waals surface area contributed by atoms with Crippen molar-refractivity contribution in [2.75, 3.05) is 7.11 Å². The molecule has 6 heteroatoms. The van der Waals surface area contributed by atoms with E-state index < -0.39 is 5.97 Å². The topological polar surface area (TPSA) is 74.1 Å². The largest absolute Gasteiger partial charge is 0.465 e. The van der Waals surface area contributed by atoms with Crippen molar-refractivity contribution in [3.63, 3.8) is 0 Å². The molecule has 4 rings (SSSR count). The molecule has 0 unspecified atom stereocenters. The van der Waals surface area contributed by atoms with Crippen LogP contribution in [-0.2, 0) is 11.8 Å². The van der Waals surface area contributed by atoms with E-state index in [0.717, 1.165) is 28.5 Å². The smallest absolute Gasteiger partial charge is 0.340 e. The minimum absolute atomic E-state index is 0.380. The highest BCUT2D eigenvalue weighted by Gasteiger charge is 2.17. The van der Waals surface area contributed by atoms with Crippen LogP contribution in [0.4, 0.5) is 0 Å². The van der Waals surface area contributed by atoms with Crippen LogP contribution in [0, 0.1) is 0 Å². The Morgan fingerprint density at radius 3 is 2.32 bits per heavy atom. The molecule has 1 heterocycles. The lowest BCUT2D eigenvalue weighted by atomic mass is 9.98. The van der Waals surface area contributed by atoms with E-state index in [-0.39, 0.29) is 0 Å². The van der Waals surface area contributed by atoms with Crippen LogP contribution in [0.3, 0.4) is 0 Å². The predicted molar refractivity (Wildman–Crippen MR) is 106 cm³/mol. The van der Waals surface area contributed by atoms with E-state index in [1.165, 1.54) is 11.9 Å². The first-order valence-corrected chi connectivity index (χ1v) is 8.68. The minimum Gasteiger partial charge on any atom is -0.465 e. The van der Waals surface area contributed by atoms with E-state index in [4.69, 9.17) is 4.74 Å². The molecule has 0 atom stereocenters. The number of aromatic nitrogens is 3. The number of hydrogen-bond donors (Lipinski definition) is 0. The van der Waals surface area contributed by atoms with Crippen molar-refractivity contribution in [3.05, 3.63) is 71.8 Å². The second kappa shape index (κ2) is 7.08. The molecule has 0 spiro atoms. The van der Waals surface area contributed by atoms with Crippen LogP contribution < -0.4 is 0 Å². The summed E-state index contributed by atoms with van der Waals surface area (Å²) in [4.78, 5) is 24.6. The Bertz CT molecular complexity index is 1190. The predicted octanol–water partition coefficient (Wildman–Crippen LogP) is 3.90. The zero-order valence-corrected chi connectivity index (χ0v) is 15.4. The summed E-state index contributed by atoms with van der Waals surface area (Å²) in [5.41, 5.74) is 5.92. The number of benzene rings is 3. The number of rotatable bonds is 4. The molecule has 0 saturated heterocycles. The number of ether oxygens (including phenoxy) is 1. The van der Waals surface area contributed by atoms with E-state index in [1.807, 2.05) is 48.5 Å². The maximum atomic E-state index is 12.2. The summed E-state index contributed by atoms with van der Waals surface area (Å²) in [7, 11) is 3.06. The lowest BCUT2D eigenvalue weighted by molar-refractivity contribution is 0.0602. The molecule has 0 aliphatic heterocycles. The Morgan fingerprint density at radius 1 is 0.929 bits per heavy atom. The van der Waals surface area contributed by atoms with Crippen LogP contribution in [-0.4, -0.2) is 34.4 Å². The first-order valence-electron chi connectivity index (χ1n) is 8.68. The summed E-state index contributed by atoms with van der Waals surface area (Å²) < 4.78 is 4.90. The fraction of sp³-hybridized carbons (Fsp3) is 0.0909. The molecule has 0 N–H and O–H groups in total. The van der Waals surface area contributed by atoms with Crippen molar-refractivity contribution in [1.29, 1.82) is 0 Å². The second-order valence-electron chi connectivity index (χ2n) is 6.39. The summed E-state index contributed by atoms with van der Waals surface area (Å²) >= 11 is 0. The molecule has 0 radical (unpaired) electrons. The Morgan fingerprint density at radius 2 is 1.64 bits per heavy atom. The lowest BCUT2D eigenvalue weighted by Gasteiger charge is -2.07. The van der Waals surface area contributed by atoms with Crippen molar-refractivity contribution < 1.29 is 14.3 Å². The third-order valence-electron chi connectivity index (χ3n) is 4.57. The summed E-state index contributed by atoms with van der Waals surface area (Å²) in [5, 5.41) is 8.59. The number of esters is 1. The van der Waals surface area contributed by atoms with Crippen LogP contribution >= 0.6 is 0 Å². The highest BCUT2D eigenvalue weighted by atomic mass is 16.5. The van der Waals surface area contributed by atoms with Gasteiger partial charge in [-0.15, -0.1) is 0 Å². The van der Waals surface area contributed by atoms with Crippen molar-refractivity contribution in [2.24, 2.45) is 7.05 Å². The standard InChI is InChI=1S/C22H17N3O3/c1-25-23-20-12-18(11-19(21(20)24-25)22(27)28-2)16-8-6-15(7-9-16)17-5-3-4-14(10-17)13-26/h3-13H,1-2H3. The van der Waals surface area contributed by atoms with Gasteiger partial charge in [-0.05, 0) is 40.5 Å². The SMILES string of the molecule is COC(=O)c1cc(-c2ccc(-c3cccc(C=O)c3)cc2)cc2nn(C)nc12. The van der Waals surface area contributed by atoms with Gasteiger partial charge >= 0.3 is 5.97 Å². The van der Waals surface area contributed by atoms with Gasteiger partial charge in [0, 0.05) is 12.6 Å². The monoisotopic (exact) mass is 371 g/mol. The average molecular weight is 371 g/mol. The van der Waals surface area contributed by atoms with E-state index in [1.54, 1.807) is 19.2 Å².